The predicted octanol–water partition coefficient (Wildman–Crippen LogP) is 1.57. The van der Waals surface area contributed by atoms with Crippen LogP contribution in [0.25, 0.3) is 0 Å². The molecule has 2 unspecified atom stereocenters. The molecule has 1 aromatic rings. The molecule has 144 valence electrons. The van der Waals surface area contributed by atoms with Crippen molar-refractivity contribution in [1.82, 2.24) is 20.4 Å². The summed E-state index contributed by atoms with van der Waals surface area (Å²) in [5.74, 6) is -1.89. The zero-order chi connectivity index (χ0) is 19.3. The molecule has 3 amide bonds. The Kier molecular flexibility index (Phi) is 6.90. The van der Waals surface area contributed by atoms with Gasteiger partial charge in [-0.3, -0.25) is 9.59 Å². The quantitative estimate of drug-likeness (QED) is 0.685. The van der Waals surface area contributed by atoms with Gasteiger partial charge in [-0.1, -0.05) is 25.2 Å². The van der Waals surface area contributed by atoms with Crippen molar-refractivity contribution in [1.29, 1.82) is 0 Å². The number of carboxylic acids is 1. The van der Waals surface area contributed by atoms with Gasteiger partial charge in [0.1, 0.15) is 5.01 Å². The first-order chi connectivity index (χ1) is 12.3. The van der Waals surface area contributed by atoms with Gasteiger partial charge in [0.05, 0.1) is 11.8 Å². The topological polar surface area (TPSA) is 125 Å². The van der Waals surface area contributed by atoms with E-state index in [1.165, 1.54) is 11.3 Å². The summed E-state index contributed by atoms with van der Waals surface area (Å²) in [5.41, 5.74) is 0. The second kappa shape index (κ2) is 8.93. The molecule has 1 saturated heterocycles. The number of nitrogens with zero attached hydrogens (tertiary/aromatic N) is 3. The minimum absolute atomic E-state index is 0.235. The van der Waals surface area contributed by atoms with E-state index in [0.717, 1.165) is 11.4 Å². The molecular weight excluding hydrogens is 358 g/mol. The summed E-state index contributed by atoms with van der Waals surface area (Å²) in [6, 6.07) is -0.650. The fourth-order valence-electron chi connectivity index (χ4n) is 2.63. The van der Waals surface area contributed by atoms with Crippen molar-refractivity contribution in [2.45, 2.75) is 46.1 Å². The van der Waals surface area contributed by atoms with Crippen LogP contribution in [0, 0.1) is 11.8 Å². The predicted molar refractivity (Wildman–Crippen MR) is 97.0 cm³/mol. The number of aromatic nitrogens is 2. The normalized spacial score (nSPS) is 17.4. The van der Waals surface area contributed by atoms with Gasteiger partial charge in [0.25, 0.3) is 0 Å². The van der Waals surface area contributed by atoms with Gasteiger partial charge in [-0.2, -0.15) is 0 Å². The monoisotopic (exact) mass is 383 g/mol. The maximum absolute atomic E-state index is 12.3. The fraction of sp³-hybridized carbons (Fsp3) is 0.688. The Morgan fingerprint density at radius 1 is 1.27 bits per heavy atom. The van der Waals surface area contributed by atoms with Crippen molar-refractivity contribution in [2.75, 3.05) is 18.4 Å². The summed E-state index contributed by atoms with van der Waals surface area (Å²) < 4.78 is 0. The van der Waals surface area contributed by atoms with Gasteiger partial charge in [0.2, 0.25) is 11.0 Å². The summed E-state index contributed by atoms with van der Waals surface area (Å²) in [6.45, 7) is 6.27. The number of anilines is 1. The molecule has 0 bridgehead atoms. The molecule has 1 aliphatic heterocycles. The van der Waals surface area contributed by atoms with Crippen LogP contribution in [0.5, 0.6) is 0 Å². The maximum Gasteiger partial charge on any atom is 0.317 e. The number of piperidine rings is 1. The highest BCUT2D eigenvalue weighted by molar-refractivity contribution is 7.15. The van der Waals surface area contributed by atoms with Crippen LogP contribution in [0.2, 0.25) is 0 Å². The molecule has 10 heteroatoms. The van der Waals surface area contributed by atoms with Gasteiger partial charge in [-0.05, 0) is 26.2 Å². The molecule has 1 aromatic heterocycles. The Morgan fingerprint density at radius 3 is 2.46 bits per heavy atom. The molecule has 1 aliphatic rings. The van der Waals surface area contributed by atoms with Gasteiger partial charge in [-0.15, -0.1) is 10.2 Å². The third kappa shape index (κ3) is 5.13. The summed E-state index contributed by atoms with van der Waals surface area (Å²) in [7, 11) is 0. The highest BCUT2D eigenvalue weighted by atomic mass is 32.1. The molecule has 0 saturated carbocycles. The van der Waals surface area contributed by atoms with Crippen LogP contribution in [-0.4, -0.2) is 57.2 Å². The Balaban J connectivity index is 1.82. The number of hydrogen-bond donors (Lipinski definition) is 3. The molecule has 0 radical (unpaired) electrons. The summed E-state index contributed by atoms with van der Waals surface area (Å²) >= 11 is 1.33. The van der Waals surface area contributed by atoms with E-state index in [-0.39, 0.29) is 23.9 Å². The first kappa shape index (κ1) is 20.1. The van der Waals surface area contributed by atoms with Crippen LogP contribution >= 0.6 is 11.3 Å². The SMILES string of the molecule is CCc1nnc(NC(=O)C(C)C(C)NC(=O)N2CCC(C(=O)O)CC2)s1. The Morgan fingerprint density at radius 2 is 1.92 bits per heavy atom. The zero-order valence-corrected chi connectivity index (χ0v) is 16.0. The van der Waals surface area contributed by atoms with Crippen LogP contribution in [0.4, 0.5) is 9.93 Å². The largest absolute Gasteiger partial charge is 0.481 e. The first-order valence-corrected chi connectivity index (χ1v) is 9.55. The second-order valence-electron chi connectivity index (χ2n) is 6.47. The Labute approximate surface area is 156 Å². The van der Waals surface area contributed by atoms with Gasteiger partial charge < -0.3 is 20.6 Å². The summed E-state index contributed by atoms with van der Waals surface area (Å²) in [4.78, 5) is 37.2. The Hall–Kier alpha value is -2.23. The number of hydrogen-bond acceptors (Lipinski definition) is 6. The lowest BCUT2D eigenvalue weighted by atomic mass is 9.97. The maximum atomic E-state index is 12.3. The molecule has 0 aromatic carbocycles. The van der Waals surface area contributed by atoms with E-state index in [4.69, 9.17) is 5.11 Å². The van der Waals surface area contributed by atoms with Gasteiger partial charge in [0, 0.05) is 19.1 Å². The van der Waals surface area contributed by atoms with Gasteiger partial charge in [0.15, 0.2) is 0 Å². The van der Waals surface area contributed by atoms with Crippen molar-refractivity contribution in [3.05, 3.63) is 5.01 Å². The standard InChI is InChI=1S/C16H25N5O4S/c1-4-12-19-20-15(26-12)18-13(22)9(2)10(3)17-16(25)21-7-5-11(6-8-21)14(23)24/h9-11H,4-8H2,1-3H3,(H,17,25)(H,23,24)(H,18,20,22). The molecule has 3 N–H and O–H groups in total. The first-order valence-electron chi connectivity index (χ1n) is 8.73. The third-order valence-corrected chi connectivity index (χ3v) is 5.63. The van der Waals surface area contributed by atoms with E-state index in [0.29, 0.717) is 31.1 Å². The number of carbonyl (C=O) groups excluding carboxylic acids is 2. The molecule has 0 aliphatic carbocycles. The van der Waals surface area contributed by atoms with Gasteiger partial charge >= 0.3 is 12.0 Å². The number of carboxylic acid groups (broad SMARTS) is 1. The fourth-order valence-corrected chi connectivity index (χ4v) is 3.32. The summed E-state index contributed by atoms with van der Waals surface area (Å²) in [5, 5.41) is 23.7. The van der Waals surface area contributed by atoms with Crippen molar-refractivity contribution in [3.63, 3.8) is 0 Å². The lowest BCUT2D eigenvalue weighted by molar-refractivity contribution is -0.143. The third-order valence-electron chi connectivity index (χ3n) is 4.65. The number of aryl methyl sites for hydroxylation is 1. The average Bonchev–Trinajstić information content (AvgIpc) is 3.08. The minimum atomic E-state index is -0.813. The van der Waals surface area contributed by atoms with Crippen LogP contribution in [0.15, 0.2) is 0 Å². The highest BCUT2D eigenvalue weighted by Gasteiger charge is 2.29. The number of aliphatic carboxylic acids is 1. The van der Waals surface area contributed by atoms with Crippen molar-refractivity contribution < 1.29 is 19.5 Å². The Bertz CT molecular complexity index is 657. The van der Waals surface area contributed by atoms with Crippen LogP contribution in [0.3, 0.4) is 0 Å². The van der Waals surface area contributed by atoms with Gasteiger partial charge in [-0.25, -0.2) is 4.79 Å². The van der Waals surface area contributed by atoms with Crippen LogP contribution in [-0.2, 0) is 16.0 Å². The number of carbonyl (C=O) groups is 3. The highest BCUT2D eigenvalue weighted by Crippen LogP contribution is 2.19. The molecule has 9 nitrogen and oxygen atoms in total. The van der Waals surface area contributed by atoms with E-state index in [2.05, 4.69) is 20.8 Å². The minimum Gasteiger partial charge on any atom is -0.481 e. The lowest BCUT2D eigenvalue weighted by Crippen LogP contribution is -2.50. The smallest absolute Gasteiger partial charge is 0.317 e. The second-order valence-corrected chi connectivity index (χ2v) is 7.53. The van der Waals surface area contributed by atoms with Crippen LogP contribution in [0.1, 0.15) is 38.6 Å². The van der Waals surface area contributed by atoms with E-state index in [1.54, 1.807) is 18.7 Å². The number of nitrogens with one attached hydrogen (secondary N) is 2. The van der Waals surface area contributed by atoms with Crippen molar-refractivity contribution in [3.8, 4) is 0 Å². The molecule has 1 fully saturated rings. The zero-order valence-electron chi connectivity index (χ0n) is 15.2. The molecule has 2 atom stereocenters. The number of amides is 3. The van der Waals surface area contributed by atoms with Crippen LogP contribution < -0.4 is 10.6 Å². The molecule has 26 heavy (non-hydrogen) atoms. The van der Waals surface area contributed by atoms with E-state index in [1.807, 2.05) is 6.92 Å². The molecule has 0 spiro atoms. The van der Waals surface area contributed by atoms with E-state index < -0.39 is 11.9 Å². The van der Waals surface area contributed by atoms with E-state index >= 15 is 0 Å². The number of likely N-dealkylation sites (tertiary alicyclic amines) is 1. The van der Waals surface area contributed by atoms with Crippen molar-refractivity contribution in [2.24, 2.45) is 11.8 Å². The lowest BCUT2D eigenvalue weighted by Gasteiger charge is -2.32. The number of rotatable bonds is 6. The molecule has 2 heterocycles. The van der Waals surface area contributed by atoms with E-state index in [9.17, 15) is 14.4 Å². The average molecular weight is 383 g/mol. The number of urea groups is 1. The molecular formula is C16H25N5O4S. The summed E-state index contributed by atoms with van der Waals surface area (Å²) in [6.07, 6.45) is 1.65. The molecule has 2 rings (SSSR count). The van der Waals surface area contributed by atoms with Crippen molar-refractivity contribution >= 4 is 34.4 Å².